The summed E-state index contributed by atoms with van der Waals surface area (Å²) in [7, 11) is 0. The van der Waals surface area contributed by atoms with E-state index in [1.54, 1.807) is 0 Å². The molecule has 3 atom stereocenters. The van der Waals surface area contributed by atoms with Crippen LogP contribution in [0.15, 0.2) is 72.4 Å². The Labute approximate surface area is 252 Å². The monoisotopic (exact) mass is 568 g/mol. The van der Waals surface area contributed by atoms with Crippen molar-refractivity contribution < 1.29 is 19.1 Å². The number of hydrogen-bond donors (Lipinski definition) is 0. The van der Waals surface area contributed by atoms with Gasteiger partial charge in [-0.2, -0.15) is 0 Å². The number of esters is 1. The summed E-state index contributed by atoms with van der Waals surface area (Å²) in [6.45, 7) is 10.7. The number of carbonyl (C=O) groups is 2. The van der Waals surface area contributed by atoms with Gasteiger partial charge in [0.25, 0.3) is 0 Å². The summed E-state index contributed by atoms with van der Waals surface area (Å²) in [5.41, 5.74) is 0.660. The van der Waals surface area contributed by atoms with Gasteiger partial charge in [-0.15, -0.1) is 0 Å². The first-order valence-electron chi connectivity index (χ1n) is 15.8. The van der Waals surface area contributed by atoms with Gasteiger partial charge in [0.1, 0.15) is 5.78 Å². The Kier molecular flexibility index (Phi) is 23.7. The molecule has 0 bridgehead atoms. The van der Waals surface area contributed by atoms with Crippen molar-refractivity contribution in [1.82, 2.24) is 0 Å². The molecule has 0 spiro atoms. The number of Topliss-reactive ketones (excluding diaryl/α,β-unsaturated/α-hetero) is 1. The van der Waals surface area contributed by atoms with Gasteiger partial charge in [0.05, 0.1) is 18.8 Å². The van der Waals surface area contributed by atoms with E-state index < -0.39 is 0 Å². The van der Waals surface area contributed by atoms with Crippen LogP contribution in [-0.4, -0.2) is 30.6 Å². The Morgan fingerprint density at radius 3 is 1.90 bits per heavy atom. The highest BCUT2D eigenvalue weighted by Gasteiger charge is 2.35. The number of carbonyl (C=O) groups excluding carboxylic acids is 2. The predicted octanol–water partition coefficient (Wildman–Crippen LogP) is 10.2. The fraction of sp³-hybridized carbons (Fsp3) is 0.622. The lowest BCUT2D eigenvalue weighted by Crippen LogP contribution is -2.36. The number of ketones is 1. The van der Waals surface area contributed by atoms with E-state index >= 15 is 0 Å². The molecule has 0 unspecified atom stereocenters. The molecule has 0 heterocycles. The van der Waals surface area contributed by atoms with E-state index in [9.17, 15) is 9.59 Å². The largest absolute Gasteiger partial charge is 0.463 e. The van der Waals surface area contributed by atoms with Crippen molar-refractivity contribution in [3.63, 3.8) is 0 Å². The van der Waals surface area contributed by atoms with Crippen molar-refractivity contribution in [2.45, 2.75) is 131 Å². The smallest absolute Gasteiger partial charge is 0.333 e. The molecule has 0 aromatic heterocycles. The lowest BCUT2D eigenvalue weighted by atomic mass is 9.76. The van der Waals surface area contributed by atoms with Gasteiger partial charge in [0.15, 0.2) is 0 Å². The van der Waals surface area contributed by atoms with E-state index in [1.807, 2.05) is 13.0 Å². The zero-order valence-corrected chi connectivity index (χ0v) is 26.0. The number of hydrogen-bond acceptors (Lipinski definition) is 4. The normalized spacial score (nSPS) is 19.7. The molecule has 41 heavy (non-hydrogen) atoms. The molecule has 0 aromatic carbocycles. The predicted molar refractivity (Wildman–Crippen MR) is 176 cm³/mol. The first-order valence-corrected chi connectivity index (χ1v) is 15.8. The van der Waals surface area contributed by atoms with Crippen molar-refractivity contribution in [1.29, 1.82) is 0 Å². The van der Waals surface area contributed by atoms with E-state index in [4.69, 9.17) is 9.47 Å². The number of rotatable bonds is 21. The fourth-order valence-electron chi connectivity index (χ4n) is 4.83. The van der Waals surface area contributed by atoms with Crippen LogP contribution in [0.4, 0.5) is 0 Å². The first kappa shape index (κ1) is 38.5. The van der Waals surface area contributed by atoms with Crippen LogP contribution in [0.25, 0.3) is 0 Å². The van der Waals surface area contributed by atoms with Crippen LogP contribution in [0.1, 0.15) is 119 Å². The van der Waals surface area contributed by atoms with Crippen molar-refractivity contribution in [3.05, 3.63) is 72.4 Å². The highest BCUT2D eigenvalue weighted by atomic mass is 16.5. The molecule has 0 aromatic rings. The second kappa shape index (κ2) is 25.3. The summed E-state index contributed by atoms with van der Waals surface area (Å²) in [4.78, 5) is 25.3. The maximum absolute atomic E-state index is 12.8. The Hall–Kier alpha value is -2.46. The second-order valence-electron chi connectivity index (χ2n) is 10.6. The lowest BCUT2D eigenvalue weighted by Gasteiger charge is -2.36. The van der Waals surface area contributed by atoms with Gasteiger partial charge in [-0.25, -0.2) is 4.79 Å². The number of unbranched alkanes of at least 4 members (excludes halogenated alkanes) is 1. The molecule has 4 nitrogen and oxygen atoms in total. The molecule has 0 aliphatic heterocycles. The molecule has 4 heteroatoms. The highest BCUT2D eigenvalue weighted by Crippen LogP contribution is 2.35. The van der Waals surface area contributed by atoms with Gasteiger partial charge in [-0.05, 0) is 89.0 Å². The summed E-state index contributed by atoms with van der Waals surface area (Å²) < 4.78 is 11.6. The van der Waals surface area contributed by atoms with Gasteiger partial charge < -0.3 is 9.47 Å². The Morgan fingerprint density at radius 1 is 0.854 bits per heavy atom. The average molecular weight is 569 g/mol. The maximum Gasteiger partial charge on any atom is 0.333 e. The molecule has 0 fully saturated rings. The third kappa shape index (κ3) is 17.9. The van der Waals surface area contributed by atoms with Crippen LogP contribution in [0, 0.1) is 11.8 Å². The second-order valence-corrected chi connectivity index (χ2v) is 10.6. The van der Waals surface area contributed by atoms with E-state index in [1.165, 1.54) is 0 Å². The number of ether oxygens (including phenoxy) is 2. The zero-order valence-electron chi connectivity index (χ0n) is 26.0. The van der Waals surface area contributed by atoms with Crippen LogP contribution in [0.2, 0.25) is 0 Å². The highest BCUT2D eigenvalue weighted by molar-refractivity contribution is 5.89. The zero-order chi connectivity index (χ0) is 29.4. The fourth-order valence-corrected chi connectivity index (χ4v) is 4.83. The van der Waals surface area contributed by atoms with Crippen LogP contribution < -0.4 is 0 Å². The van der Waals surface area contributed by atoms with E-state index in [0.717, 1.165) is 57.8 Å². The topological polar surface area (TPSA) is 52.6 Å². The third-order valence-corrected chi connectivity index (χ3v) is 7.38. The van der Waals surface area contributed by atoms with Crippen LogP contribution >= 0.6 is 0 Å². The summed E-state index contributed by atoms with van der Waals surface area (Å²) >= 11 is 0. The summed E-state index contributed by atoms with van der Waals surface area (Å²) in [5, 5.41) is 0. The van der Waals surface area contributed by atoms with Gasteiger partial charge in [-0.1, -0.05) is 95.9 Å². The van der Waals surface area contributed by atoms with E-state index in [2.05, 4.69) is 88.5 Å². The molecule has 0 N–H and O–H groups in total. The van der Waals surface area contributed by atoms with Gasteiger partial charge in [-0.3, -0.25) is 4.79 Å². The van der Waals surface area contributed by atoms with E-state index in [0.29, 0.717) is 31.4 Å². The van der Waals surface area contributed by atoms with Crippen molar-refractivity contribution in [3.8, 4) is 0 Å². The molecule has 1 rings (SSSR count). The quantitative estimate of drug-likeness (QED) is 0.0785. The SMILES string of the molecule is C.CC/C=C\C/C=C\C/C=C\C/C=C\C/C=C\CCCC(=O)C[C@H]1CC(C(=O)OCC)=C[C@@H](OC(CC)CC)[C@@H]1C. The summed E-state index contributed by atoms with van der Waals surface area (Å²) in [6.07, 6.45) is 34.2. The molecular weight excluding hydrogens is 508 g/mol. The lowest BCUT2D eigenvalue weighted by molar-refractivity contribution is -0.139. The third-order valence-electron chi connectivity index (χ3n) is 7.38. The van der Waals surface area contributed by atoms with Crippen LogP contribution in [0.5, 0.6) is 0 Å². The molecule has 232 valence electrons. The Morgan fingerprint density at radius 2 is 1.39 bits per heavy atom. The summed E-state index contributed by atoms with van der Waals surface area (Å²) in [5.74, 6) is 0.289. The Bertz CT molecular complexity index is 869. The molecule has 0 saturated heterocycles. The molecule has 0 radical (unpaired) electrons. The first-order chi connectivity index (χ1) is 19.5. The average Bonchev–Trinajstić information content (AvgIpc) is 2.95. The molecular formula is C37H60O4. The maximum atomic E-state index is 12.8. The van der Waals surface area contributed by atoms with Crippen molar-refractivity contribution >= 4 is 11.8 Å². The Balaban J connectivity index is 0.0000160. The molecule has 1 aliphatic rings. The van der Waals surface area contributed by atoms with Crippen molar-refractivity contribution in [2.75, 3.05) is 6.61 Å². The van der Waals surface area contributed by atoms with Crippen molar-refractivity contribution in [2.24, 2.45) is 11.8 Å². The van der Waals surface area contributed by atoms with E-state index in [-0.39, 0.29) is 43.2 Å². The molecule has 0 saturated carbocycles. The minimum Gasteiger partial charge on any atom is -0.463 e. The van der Waals surface area contributed by atoms with Crippen LogP contribution in [-0.2, 0) is 19.1 Å². The standard InChI is InChI=1S/C36H56O4.CH4/c1-6-10-11-12-13-14-15-16-17-18-19-20-21-22-23-24-25-26-33(37)28-31-27-32(36(38)39-9-4)29-35(30(31)5)40-34(7-2)8-3;/h10-11,13-14,16-17,19-20,22-23,29-31,34-35H,6-9,12,15,18,21,24-28H2,1-5H3;1H4/b11-10-,14-13-,17-16-,20-19-,23-22-;/t30-,31-,35-;/m1./s1. The summed E-state index contributed by atoms with van der Waals surface area (Å²) in [6, 6.07) is 0. The van der Waals surface area contributed by atoms with Gasteiger partial charge in [0, 0.05) is 18.4 Å². The minimum atomic E-state index is -0.275. The van der Waals surface area contributed by atoms with Gasteiger partial charge >= 0.3 is 5.97 Å². The minimum absolute atomic E-state index is 0. The number of allylic oxidation sites excluding steroid dienone is 10. The van der Waals surface area contributed by atoms with Crippen LogP contribution in [0.3, 0.4) is 0 Å². The molecule has 1 aliphatic carbocycles. The molecule has 0 amide bonds. The van der Waals surface area contributed by atoms with Gasteiger partial charge in [0.2, 0.25) is 0 Å².